The molecule has 102 valence electrons. The van der Waals surface area contributed by atoms with Crippen LogP contribution in [-0.4, -0.2) is 48.7 Å². The normalized spacial score (nSPS) is 22.8. The molecule has 1 amide bonds. The molecule has 0 radical (unpaired) electrons. The summed E-state index contributed by atoms with van der Waals surface area (Å²) >= 11 is 0. The second kappa shape index (κ2) is 7.16. The molecular weight excluding hydrogens is 234 g/mol. The zero-order valence-electron chi connectivity index (χ0n) is 11.0. The van der Waals surface area contributed by atoms with Crippen molar-refractivity contribution in [1.82, 2.24) is 4.90 Å². The number of carbonyl (C=O) groups is 2. The molecule has 1 aliphatic rings. The second-order valence-electron chi connectivity index (χ2n) is 4.45. The first-order valence-electron chi connectivity index (χ1n) is 6.28. The maximum atomic E-state index is 12.2. The van der Waals surface area contributed by atoms with Gasteiger partial charge in [-0.3, -0.25) is 9.59 Å². The van der Waals surface area contributed by atoms with Gasteiger partial charge in [0.25, 0.3) is 0 Å². The molecule has 0 saturated carbocycles. The Morgan fingerprint density at radius 1 is 1.33 bits per heavy atom. The van der Waals surface area contributed by atoms with E-state index in [9.17, 15) is 9.59 Å². The van der Waals surface area contributed by atoms with Gasteiger partial charge >= 0.3 is 5.97 Å². The number of allylic oxidation sites excluding steroid dienone is 2. The van der Waals surface area contributed by atoms with Crippen LogP contribution in [0.1, 0.15) is 19.8 Å². The topological polar surface area (TPSA) is 66.8 Å². The summed E-state index contributed by atoms with van der Waals surface area (Å²) in [4.78, 5) is 24.9. The molecule has 0 bridgehead atoms. The largest absolute Gasteiger partial charge is 0.481 e. The highest BCUT2D eigenvalue weighted by Gasteiger charge is 2.35. The highest BCUT2D eigenvalue weighted by atomic mass is 16.5. The third kappa shape index (κ3) is 3.84. The van der Waals surface area contributed by atoms with Crippen LogP contribution in [0.2, 0.25) is 0 Å². The van der Waals surface area contributed by atoms with Crippen molar-refractivity contribution in [3.8, 4) is 0 Å². The first kappa shape index (κ1) is 14.7. The fourth-order valence-corrected chi connectivity index (χ4v) is 2.10. The Labute approximate surface area is 107 Å². The second-order valence-corrected chi connectivity index (χ2v) is 4.45. The summed E-state index contributed by atoms with van der Waals surface area (Å²) in [6.07, 6.45) is 4.67. The summed E-state index contributed by atoms with van der Waals surface area (Å²) in [7, 11) is 1.69. The summed E-state index contributed by atoms with van der Waals surface area (Å²) in [6.45, 7) is 3.50. The molecule has 5 heteroatoms. The number of ether oxygens (including phenoxy) is 1. The Morgan fingerprint density at radius 3 is 2.50 bits per heavy atom. The van der Waals surface area contributed by atoms with Crippen molar-refractivity contribution >= 4 is 11.9 Å². The van der Waals surface area contributed by atoms with Gasteiger partial charge in [0.2, 0.25) is 5.91 Å². The van der Waals surface area contributed by atoms with Crippen LogP contribution < -0.4 is 0 Å². The zero-order chi connectivity index (χ0) is 13.5. The molecule has 0 fully saturated rings. The molecule has 1 rings (SSSR count). The van der Waals surface area contributed by atoms with Gasteiger partial charge in [0.15, 0.2) is 0 Å². The zero-order valence-corrected chi connectivity index (χ0v) is 11.0. The van der Waals surface area contributed by atoms with Crippen molar-refractivity contribution < 1.29 is 19.4 Å². The van der Waals surface area contributed by atoms with E-state index < -0.39 is 17.8 Å². The van der Waals surface area contributed by atoms with E-state index in [-0.39, 0.29) is 5.91 Å². The quantitative estimate of drug-likeness (QED) is 0.571. The lowest BCUT2D eigenvalue weighted by Gasteiger charge is -2.28. The Bertz CT molecular complexity index is 327. The predicted molar refractivity (Wildman–Crippen MR) is 67.1 cm³/mol. The van der Waals surface area contributed by atoms with Gasteiger partial charge in [-0.25, -0.2) is 0 Å². The van der Waals surface area contributed by atoms with E-state index in [4.69, 9.17) is 9.84 Å². The molecule has 5 nitrogen and oxygen atoms in total. The molecule has 0 saturated heterocycles. The lowest BCUT2D eigenvalue weighted by molar-refractivity contribution is -0.150. The summed E-state index contributed by atoms with van der Waals surface area (Å²) in [5.74, 6) is -2.04. The molecular formula is C13H21NO4. The monoisotopic (exact) mass is 255 g/mol. The maximum Gasteiger partial charge on any atom is 0.307 e. The minimum atomic E-state index is -0.893. The molecule has 0 aromatic heterocycles. The minimum absolute atomic E-state index is 0.105. The lowest BCUT2D eigenvalue weighted by Crippen LogP contribution is -2.41. The summed E-state index contributed by atoms with van der Waals surface area (Å²) in [5.41, 5.74) is 0. The fraction of sp³-hybridized carbons (Fsp3) is 0.692. The van der Waals surface area contributed by atoms with Crippen molar-refractivity contribution in [2.45, 2.75) is 19.8 Å². The molecule has 0 aromatic carbocycles. The van der Waals surface area contributed by atoms with E-state index >= 15 is 0 Å². The average molecular weight is 255 g/mol. The van der Waals surface area contributed by atoms with Crippen LogP contribution in [0.15, 0.2) is 12.2 Å². The average Bonchev–Trinajstić information content (AvgIpc) is 2.38. The van der Waals surface area contributed by atoms with E-state index in [0.717, 1.165) is 0 Å². The van der Waals surface area contributed by atoms with E-state index in [2.05, 4.69) is 0 Å². The number of likely N-dealkylation sites (N-methyl/N-ethyl adjacent to an activating group) is 1. The number of aliphatic carboxylic acids is 1. The van der Waals surface area contributed by atoms with Crippen molar-refractivity contribution in [2.75, 3.05) is 26.8 Å². The number of rotatable bonds is 6. The van der Waals surface area contributed by atoms with Crippen LogP contribution >= 0.6 is 0 Å². The number of amides is 1. The molecule has 1 N–H and O–H groups in total. The van der Waals surface area contributed by atoms with Gasteiger partial charge < -0.3 is 14.7 Å². The molecule has 0 aromatic rings. The standard InChI is InChI=1S/C13H21NO4/c1-3-18-9-8-14(2)12(15)10-6-4-5-7-11(10)13(16)17/h4-5,10-11H,3,6-9H2,1-2H3,(H,16,17)/t10-,11+/m1/s1. The third-order valence-corrected chi connectivity index (χ3v) is 3.22. The van der Waals surface area contributed by atoms with Gasteiger partial charge in [-0.2, -0.15) is 0 Å². The highest BCUT2D eigenvalue weighted by Crippen LogP contribution is 2.27. The number of carbonyl (C=O) groups excluding carboxylic acids is 1. The van der Waals surface area contributed by atoms with Crippen molar-refractivity contribution in [3.05, 3.63) is 12.2 Å². The van der Waals surface area contributed by atoms with Crippen LogP contribution in [0.25, 0.3) is 0 Å². The van der Waals surface area contributed by atoms with Gasteiger partial charge in [0.05, 0.1) is 18.4 Å². The molecule has 1 aliphatic carbocycles. The SMILES string of the molecule is CCOCCN(C)C(=O)[C@@H]1CC=CC[C@@H]1C(=O)O. The summed E-state index contributed by atoms with van der Waals surface area (Å²) < 4.78 is 5.19. The first-order chi connectivity index (χ1) is 8.57. The van der Waals surface area contributed by atoms with Crippen LogP contribution in [0.3, 0.4) is 0 Å². The Kier molecular flexibility index (Phi) is 5.85. The van der Waals surface area contributed by atoms with Crippen LogP contribution in [0.5, 0.6) is 0 Å². The van der Waals surface area contributed by atoms with Gasteiger partial charge in [0, 0.05) is 20.2 Å². The Balaban J connectivity index is 2.57. The lowest BCUT2D eigenvalue weighted by atomic mass is 9.82. The van der Waals surface area contributed by atoms with Gasteiger partial charge in [-0.15, -0.1) is 0 Å². The van der Waals surface area contributed by atoms with E-state index in [1.165, 1.54) is 0 Å². The number of hydrogen-bond donors (Lipinski definition) is 1. The van der Waals surface area contributed by atoms with Crippen molar-refractivity contribution in [2.24, 2.45) is 11.8 Å². The number of carboxylic acids is 1. The summed E-state index contributed by atoms with van der Waals surface area (Å²) in [6, 6.07) is 0. The molecule has 2 atom stereocenters. The first-order valence-corrected chi connectivity index (χ1v) is 6.28. The van der Waals surface area contributed by atoms with Crippen molar-refractivity contribution in [3.63, 3.8) is 0 Å². The van der Waals surface area contributed by atoms with Crippen molar-refractivity contribution in [1.29, 1.82) is 0 Å². The van der Waals surface area contributed by atoms with Crippen LogP contribution in [0, 0.1) is 11.8 Å². The van der Waals surface area contributed by atoms with Gasteiger partial charge in [-0.1, -0.05) is 12.2 Å². The van der Waals surface area contributed by atoms with Crippen LogP contribution in [0.4, 0.5) is 0 Å². The van der Waals surface area contributed by atoms with Crippen LogP contribution in [-0.2, 0) is 14.3 Å². The third-order valence-electron chi connectivity index (χ3n) is 3.22. The molecule has 0 spiro atoms. The minimum Gasteiger partial charge on any atom is -0.481 e. The molecule has 0 unspecified atom stereocenters. The van der Waals surface area contributed by atoms with Gasteiger partial charge in [-0.05, 0) is 19.8 Å². The molecule has 18 heavy (non-hydrogen) atoms. The predicted octanol–water partition coefficient (Wildman–Crippen LogP) is 1.15. The summed E-state index contributed by atoms with van der Waals surface area (Å²) in [5, 5.41) is 9.12. The van der Waals surface area contributed by atoms with Gasteiger partial charge in [0.1, 0.15) is 0 Å². The molecule has 0 heterocycles. The number of nitrogens with zero attached hydrogens (tertiary/aromatic N) is 1. The van der Waals surface area contributed by atoms with E-state index in [1.54, 1.807) is 11.9 Å². The number of carboxylic acid groups (broad SMARTS) is 1. The number of hydrogen-bond acceptors (Lipinski definition) is 3. The van der Waals surface area contributed by atoms with E-state index in [0.29, 0.717) is 32.6 Å². The Morgan fingerprint density at radius 2 is 1.94 bits per heavy atom. The fourth-order valence-electron chi connectivity index (χ4n) is 2.10. The highest BCUT2D eigenvalue weighted by molar-refractivity contribution is 5.85. The Hall–Kier alpha value is -1.36. The maximum absolute atomic E-state index is 12.2. The van der Waals surface area contributed by atoms with E-state index in [1.807, 2.05) is 19.1 Å². The molecule has 0 aliphatic heterocycles. The smallest absolute Gasteiger partial charge is 0.307 e.